The van der Waals surface area contributed by atoms with E-state index < -0.39 is 0 Å². The van der Waals surface area contributed by atoms with E-state index in [0.717, 1.165) is 18.1 Å². The Morgan fingerprint density at radius 1 is 1.33 bits per heavy atom. The van der Waals surface area contributed by atoms with Crippen molar-refractivity contribution in [1.82, 2.24) is 9.97 Å². The number of anilines is 1. The van der Waals surface area contributed by atoms with E-state index in [-0.39, 0.29) is 0 Å². The normalized spacial score (nSPS) is 10.3. The molecule has 1 aromatic heterocycles. The number of benzene rings is 1. The van der Waals surface area contributed by atoms with E-state index in [1.165, 1.54) is 11.1 Å². The third kappa shape index (κ3) is 2.37. The Hall–Kier alpha value is -1.77. The summed E-state index contributed by atoms with van der Waals surface area (Å²) in [4.78, 5) is 7.23. The van der Waals surface area contributed by atoms with Crippen molar-refractivity contribution < 1.29 is 0 Å². The Labute approximate surface area is 89.6 Å². The lowest BCUT2D eigenvalue weighted by Gasteiger charge is -2.08. The van der Waals surface area contributed by atoms with Crippen molar-refractivity contribution >= 4 is 5.69 Å². The Kier molecular flexibility index (Phi) is 2.72. The van der Waals surface area contributed by atoms with Gasteiger partial charge < -0.3 is 10.3 Å². The SMILES string of the molecule is Cc1ccc(NCc2ncc[nH]2)c(C)c1. The molecule has 3 nitrogen and oxygen atoms in total. The molecule has 0 aliphatic rings. The summed E-state index contributed by atoms with van der Waals surface area (Å²) in [6.07, 6.45) is 3.60. The van der Waals surface area contributed by atoms with Crippen LogP contribution in [0.5, 0.6) is 0 Å². The van der Waals surface area contributed by atoms with Gasteiger partial charge in [0.2, 0.25) is 0 Å². The first-order chi connectivity index (χ1) is 7.25. The molecule has 0 bridgehead atoms. The predicted molar refractivity (Wildman–Crippen MR) is 61.8 cm³/mol. The quantitative estimate of drug-likeness (QED) is 0.801. The molecule has 1 aromatic carbocycles. The van der Waals surface area contributed by atoms with Gasteiger partial charge >= 0.3 is 0 Å². The summed E-state index contributed by atoms with van der Waals surface area (Å²) in [7, 11) is 0. The molecule has 0 spiro atoms. The molecule has 0 aliphatic heterocycles. The molecular formula is C12H15N3. The summed E-state index contributed by atoms with van der Waals surface area (Å²) < 4.78 is 0. The summed E-state index contributed by atoms with van der Waals surface area (Å²) in [5, 5.41) is 3.35. The van der Waals surface area contributed by atoms with Crippen LogP contribution in [-0.2, 0) is 6.54 Å². The summed E-state index contributed by atoms with van der Waals surface area (Å²) in [5.74, 6) is 0.954. The van der Waals surface area contributed by atoms with Crippen LogP contribution in [0.25, 0.3) is 0 Å². The topological polar surface area (TPSA) is 40.7 Å². The summed E-state index contributed by atoms with van der Waals surface area (Å²) in [6.45, 7) is 4.94. The first kappa shape index (κ1) is 9.77. The summed E-state index contributed by atoms with van der Waals surface area (Å²) >= 11 is 0. The van der Waals surface area contributed by atoms with Crippen LogP contribution in [0.3, 0.4) is 0 Å². The molecule has 2 N–H and O–H groups in total. The van der Waals surface area contributed by atoms with E-state index in [4.69, 9.17) is 0 Å². The second-order valence-electron chi connectivity index (χ2n) is 3.71. The van der Waals surface area contributed by atoms with Gasteiger partial charge in [-0.05, 0) is 25.5 Å². The Morgan fingerprint density at radius 2 is 2.20 bits per heavy atom. The minimum absolute atomic E-state index is 0.733. The van der Waals surface area contributed by atoms with Crippen LogP contribution in [0.4, 0.5) is 5.69 Å². The van der Waals surface area contributed by atoms with Crippen LogP contribution < -0.4 is 5.32 Å². The zero-order valence-electron chi connectivity index (χ0n) is 9.04. The molecule has 3 heteroatoms. The van der Waals surface area contributed by atoms with Crippen molar-refractivity contribution in [3.63, 3.8) is 0 Å². The van der Waals surface area contributed by atoms with Crippen LogP contribution in [0.1, 0.15) is 17.0 Å². The molecule has 15 heavy (non-hydrogen) atoms. The minimum Gasteiger partial charge on any atom is -0.378 e. The number of nitrogens with zero attached hydrogens (tertiary/aromatic N) is 1. The standard InChI is InChI=1S/C12H15N3/c1-9-3-4-11(10(2)7-9)15-8-12-13-5-6-14-12/h3-7,15H,8H2,1-2H3,(H,13,14). The molecule has 0 radical (unpaired) electrons. The van der Waals surface area contributed by atoms with Crippen LogP contribution >= 0.6 is 0 Å². The fraction of sp³-hybridized carbons (Fsp3) is 0.250. The minimum atomic E-state index is 0.733. The summed E-state index contributed by atoms with van der Waals surface area (Å²) in [6, 6.07) is 6.38. The first-order valence-electron chi connectivity index (χ1n) is 5.05. The fourth-order valence-electron chi connectivity index (χ4n) is 1.59. The highest BCUT2D eigenvalue weighted by Gasteiger charge is 1.98. The van der Waals surface area contributed by atoms with Crippen molar-refractivity contribution in [1.29, 1.82) is 0 Å². The smallest absolute Gasteiger partial charge is 0.125 e. The monoisotopic (exact) mass is 201 g/mol. The highest BCUT2D eigenvalue weighted by Crippen LogP contribution is 2.16. The third-order valence-electron chi connectivity index (χ3n) is 2.38. The predicted octanol–water partition coefficient (Wildman–Crippen LogP) is 2.64. The third-order valence-corrected chi connectivity index (χ3v) is 2.38. The molecule has 2 rings (SSSR count). The number of aryl methyl sites for hydroxylation is 2. The average Bonchev–Trinajstić information content (AvgIpc) is 2.69. The van der Waals surface area contributed by atoms with Gasteiger partial charge in [0.15, 0.2) is 0 Å². The summed E-state index contributed by atoms with van der Waals surface area (Å²) in [5.41, 5.74) is 3.72. The number of aromatic amines is 1. The van der Waals surface area contributed by atoms with E-state index >= 15 is 0 Å². The maximum atomic E-state index is 4.16. The molecule has 0 saturated heterocycles. The van der Waals surface area contributed by atoms with Crippen molar-refractivity contribution in [2.24, 2.45) is 0 Å². The van der Waals surface area contributed by atoms with Crippen LogP contribution in [0.2, 0.25) is 0 Å². The van der Waals surface area contributed by atoms with E-state index in [9.17, 15) is 0 Å². The molecule has 0 atom stereocenters. The number of rotatable bonds is 3. The van der Waals surface area contributed by atoms with Crippen molar-refractivity contribution in [2.45, 2.75) is 20.4 Å². The molecular weight excluding hydrogens is 186 g/mol. The van der Waals surface area contributed by atoms with Gasteiger partial charge in [0.1, 0.15) is 5.82 Å². The van der Waals surface area contributed by atoms with E-state index in [2.05, 4.69) is 47.3 Å². The van der Waals surface area contributed by atoms with Gasteiger partial charge in [-0.2, -0.15) is 0 Å². The number of nitrogens with one attached hydrogen (secondary N) is 2. The molecule has 0 amide bonds. The van der Waals surface area contributed by atoms with Crippen molar-refractivity contribution in [3.05, 3.63) is 47.5 Å². The number of aromatic nitrogens is 2. The molecule has 78 valence electrons. The van der Waals surface area contributed by atoms with E-state index in [0.29, 0.717) is 0 Å². The zero-order chi connectivity index (χ0) is 10.7. The molecule has 0 aliphatic carbocycles. The molecule has 0 saturated carbocycles. The molecule has 0 unspecified atom stereocenters. The molecule has 1 heterocycles. The highest BCUT2D eigenvalue weighted by atomic mass is 15.0. The van der Waals surface area contributed by atoms with E-state index in [1.54, 1.807) is 6.20 Å². The molecule has 2 aromatic rings. The maximum absolute atomic E-state index is 4.16. The lowest BCUT2D eigenvalue weighted by Crippen LogP contribution is -2.02. The Morgan fingerprint density at radius 3 is 2.87 bits per heavy atom. The van der Waals surface area contributed by atoms with Crippen LogP contribution in [0.15, 0.2) is 30.6 Å². The number of hydrogen-bond acceptors (Lipinski definition) is 2. The lowest BCUT2D eigenvalue weighted by atomic mass is 10.1. The first-order valence-corrected chi connectivity index (χ1v) is 5.05. The number of imidazole rings is 1. The van der Waals surface area contributed by atoms with Gasteiger partial charge in [0.05, 0.1) is 6.54 Å². The largest absolute Gasteiger partial charge is 0.378 e. The van der Waals surface area contributed by atoms with Crippen molar-refractivity contribution in [2.75, 3.05) is 5.32 Å². The number of hydrogen-bond donors (Lipinski definition) is 2. The maximum Gasteiger partial charge on any atom is 0.125 e. The van der Waals surface area contributed by atoms with Crippen LogP contribution in [0, 0.1) is 13.8 Å². The van der Waals surface area contributed by atoms with Crippen LogP contribution in [-0.4, -0.2) is 9.97 Å². The van der Waals surface area contributed by atoms with Crippen molar-refractivity contribution in [3.8, 4) is 0 Å². The van der Waals surface area contributed by atoms with Gasteiger partial charge in [-0.25, -0.2) is 4.98 Å². The van der Waals surface area contributed by atoms with Gasteiger partial charge in [-0.1, -0.05) is 17.7 Å². The fourth-order valence-corrected chi connectivity index (χ4v) is 1.59. The second-order valence-corrected chi connectivity index (χ2v) is 3.71. The highest BCUT2D eigenvalue weighted by molar-refractivity contribution is 5.51. The van der Waals surface area contributed by atoms with E-state index in [1.807, 2.05) is 6.20 Å². The Bertz CT molecular complexity index is 432. The number of H-pyrrole nitrogens is 1. The van der Waals surface area contributed by atoms with Gasteiger partial charge in [0, 0.05) is 18.1 Å². The van der Waals surface area contributed by atoms with Gasteiger partial charge in [-0.15, -0.1) is 0 Å². The Balaban J connectivity index is 2.05. The van der Waals surface area contributed by atoms with Gasteiger partial charge in [0.25, 0.3) is 0 Å². The second kappa shape index (κ2) is 4.17. The lowest BCUT2D eigenvalue weighted by molar-refractivity contribution is 0.997. The average molecular weight is 201 g/mol. The van der Waals surface area contributed by atoms with Gasteiger partial charge in [-0.3, -0.25) is 0 Å². The molecule has 0 fully saturated rings. The zero-order valence-corrected chi connectivity index (χ0v) is 9.04.